The molecule has 1 aliphatic heterocycles. The number of ether oxygens (including phenoxy) is 2. The van der Waals surface area contributed by atoms with Crippen LogP contribution in [0.25, 0.3) is 0 Å². The molecule has 0 spiro atoms. The maximum atomic E-state index is 13.0. The van der Waals surface area contributed by atoms with E-state index in [1.165, 1.54) is 148 Å². The number of amides is 1. The second-order valence-corrected chi connectivity index (χ2v) is 19.7. The van der Waals surface area contributed by atoms with Crippen molar-refractivity contribution >= 4 is 16.3 Å². The Hall–Kier alpha value is -1.46. The molecular weight excluding hydrogens is 851 g/mol. The third kappa shape index (κ3) is 33.6. The summed E-state index contributed by atoms with van der Waals surface area (Å²) in [5.74, 6) is -0.677. The maximum Gasteiger partial charge on any atom is 0.397 e. The standard InChI is InChI=1S/C51H97NO12S/c1-3-5-7-9-10-11-12-13-14-15-16-17-18-19-20-21-22-23-24-25-26-27-28-29-30-31-32-33-34-35-36-38-40-45(55)50(58)52-43(44(54)39-37-8-6-4-2)42-62-51-48(57)49(64-65(59,60)61)47(56)46(41-53)63-51/h16-17,19-20,43-49,51,53-57H,3-15,18,21-42H2,1-2H3,(H,52,58)(H,59,60,61)/b17-16-,20-19-. The number of carbonyl (C=O) groups excluding carboxylic acids is 1. The van der Waals surface area contributed by atoms with Crippen LogP contribution in [0, 0.1) is 0 Å². The highest BCUT2D eigenvalue weighted by atomic mass is 32.3. The molecule has 8 atom stereocenters. The quantitative estimate of drug-likeness (QED) is 0.0173. The Bertz CT molecular complexity index is 1270. The molecule has 0 aromatic carbocycles. The molecule has 8 unspecified atom stereocenters. The van der Waals surface area contributed by atoms with E-state index in [1.54, 1.807) is 0 Å². The molecule has 1 aliphatic rings. The fourth-order valence-electron chi connectivity index (χ4n) is 8.44. The summed E-state index contributed by atoms with van der Waals surface area (Å²) in [6, 6.07) is -1.03. The zero-order valence-corrected chi connectivity index (χ0v) is 41.7. The Kier molecular flexibility index (Phi) is 39.3. The highest BCUT2D eigenvalue weighted by Crippen LogP contribution is 2.26. The molecule has 1 fully saturated rings. The van der Waals surface area contributed by atoms with E-state index in [0.717, 1.165) is 44.9 Å². The van der Waals surface area contributed by atoms with Crippen LogP contribution < -0.4 is 5.32 Å². The topological polar surface area (TPSA) is 212 Å². The van der Waals surface area contributed by atoms with Gasteiger partial charge in [0, 0.05) is 0 Å². The fraction of sp³-hybridized carbons (Fsp3) is 0.902. The van der Waals surface area contributed by atoms with Crippen molar-refractivity contribution in [3.05, 3.63) is 24.3 Å². The smallest absolute Gasteiger partial charge is 0.394 e. The molecule has 14 heteroatoms. The van der Waals surface area contributed by atoms with Gasteiger partial charge in [0.05, 0.1) is 25.4 Å². The molecule has 0 aromatic heterocycles. The second-order valence-electron chi connectivity index (χ2n) is 18.6. The van der Waals surface area contributed by atoms with E-state index in [1.807, 2.05) is 0 Å². The molecule has 1 rings (SSSR count). The predicted octanol–water partition coefficient (Wildman–Crippen LogP) is 10.3. The first-order chi connectivity index (χ1) is 31.4. The number of carbonyl (C=O) groups is 1. The largest absolute Gasteiger partial charge is 0.397 e. The summed E-state index contributed by atoms with van der Waals surface area (Å²) in [4.78, 5) is 13.0. The number of rotatable bonds is 45. The lowest BCUT2D eigenvalue weighted by atomic mass is 9.99. The van der Waals surface area contributed by atoms with Crippen molar-refractivity contribution in [1.29, 1.82) is 0 Å². The van der Waals surface area contributed by atoms with Crippen molar-refractivity contribution in [1.82, 2.24) is 5.32 Å². The van der Waals surface area contributed by atoms with Crippen molar-refractivity contribution in [3.8, 4) is 0 Å². The monoisotopic (exact) mass is 948 g/mol. The molecule has 65 heavy (non-hydrogen) atoms. The van der Waals surface area contributed by atoms with Gasteiger partial charge in [0.2, 0.25) is 5.91 Å². The normalized spacial score (nSPS) is 20.8. The van der Waals surface area contributed by atoms with Gasteiger partial charge >= 0.3 is 10.4 Å². The Morgan fingerprint density at radius 3 is 1.48 bits per heavy atom. The molecule has 0 saturated carbocycles. The lowest BCUT2D eigenvalue weighted by Gasteiger charge is -2.41. The SMILES string of the molecule is CCCCCCCCCCC/C=C\C/C=C\CCCCCCCCCCCCCCCCCCC(O)C(=O)NC(COC1OC(CO)C(O)C(OS(=O)(=O)O)C1O)C(O)CCCCCC. The van der Waals surface area contributed by atoms with Crippen molar-refractivity contribution < 1.29 is 57.0 Å². The number of aliphatic hydroxyl groups excluding tert-OH is 5. The summed E-state index contributed by atoms with van der Waals surface area (Å²) < 4.78 is 47.2. The summed E-state index contributed by atoms with van der Waals surface area (Å²) in [6.45, 7) is 3.13. The van der Waals surface area contributed by atoms with Crippen LogP contribution in [0.5, 0.6) is 0 Å². The molecule has 384 valence electrons. The van der Waals surface area contributed by atoms with Gasteiger partial charge in [0.25, 0.3) is 0 Å². The lowest BCUT2D eigenvalue weighted by Crippen LogP contribution is -2.61. The highest BCUT2D eigenvalue weighted by Gasteiger charge is 2.48. The van der Waals surface area contributed by atoms with Gasteiger partial charge in [-0.25, -0.2) is 4.18 Å². The fourth-order valence-corrected chi connectivity index (χ4v) is 8.95. The Labute approximate surface area is 395 Å². The number of nitrogens with one attached hydrogen (secondary N) is 1. The van der Waals surface area contributed by atoms with Gasteiger partial charge in [-0.2, -0.15) is 8.42 Å². The number of aliphatic hydroxyl groups is 5. The van der Waals surface area contributed by atoms with Crippen molar-refractivity contribution in [2.45, 2.75) is 281 Å². The van der Waals surface area contributed by atoms with Gasteiger partial charge in [-0.1, -0.05) is 212 Å². The first-order valence-electron chi connectivity index (χ1n) is 26.3. The summed E-state index contributed by atoms with van der Waals surface area (Å²) in [5, 5.41) is 54.8. The number of allylic oxidation sites excluding steroid dienone is 4. The highest BCUT2D eigenvalue weighted by molar-refractivity contribution is 7.80. The van der Waals surface area contributed by atoms with Gasteiger partial charge in [-0.15, -0.1) is 0 Å². The third-order valence-corrected chi connectivity index (χ3v) is 13.1. The van der Waals surface area contributed by atoms with Gasteiger partial charge in [0.15, 0.2) is 6.29 Å². The van der Waals surface area contributed by atoms with Gasteiger partial charge < -0.3 is 40.3 Å². The third-order valence-electron chi connectivity index (χ3n) is 12.6. The van der Waals surface area contributed by atoms with Crippen molar-refractivity contribution in [2.24, 2.45) is 0 Å². The van der Waals surface area contributed by atoms with Crippen LogP contribution in [0.4, 0.5) is 0 Å². The number of hydrogen-bond donors (Lipinski definition) is 7. The van der Waals surface area contributed by atoms with E-state index in [0.29, 0.717) is 19.3 Å². The van der Waals surface area contributed by atoms with Crippen LogP contribution in [-0.4, -0.2) is 107 Å². The molecule has 7 N–H and O–H groups in total. The minimum absolute atomic E-state index is 0.260. The Balaban J connectivity index is 2.13. The average molecular weight is 948 g/mol. The summed E-state index contributed by atoms with van der Waals surface area (Å²) in [6.07, 6.45) is 37.8. The van der Waals surface area contributed by atoms with E-state index in [4.69, 9.17) is 14.0 Å². The van der Waals surface area contributed by atoms with Crippen LogP contribution in [0.2, 0.25) is 0 Å². The number of hydrogen-bond acceptors (Lipinski definition) is 11. The first kappa shape index (κ1) is 61.6. The van der Waals surface area contributed by atoms with E-state index in [9.17, 15) is 38.7 Å². The van der Waals surface area contributed by atoms with Crippen molar-refractivity contribution in [3.63, 3.8) is 0 Å². The molecule has 1 heterocycles. The van der Waals surface area contributed by atoms with Gasteiger partial charge in [-0.3, -0.25) is 9.35 Å². The summed E-state index contributed by atoms with van der Waals surface area (Å²) in [7, 11) is -5.10. The van der Waals surface area contributed by atoms with Gasteiger partial charge in [-0.05, 0) is 44.9 Å². The number of unbranched alkanes of at least 4 members (excludes halogenated alkanes) is 28. The van der Waals surface area contributed by atoms with E-state index >= 15 is 0 Å². The minimum atomic E-state index is -5.10. The van der Waals surface area contributed by atoms with Crippen LogP contribution >= 0.6 is 0 Å². The molecule has 1 amide bonds. The second kappa shape index (κ2) is 41.5. The zero-order chi connectivity index (χ0) is 47.8. The Morgan fingerprint density at radius 1 is 0.615 bits per heavy atom. The average Bonchev–Trinajstić information content (AvgIpc) is 3.28. The van der Waals surface area contributed by atoms with E-state index < -0.39 is 78.5 Å². The molecular formula is C51H97NO12S. The Morgan fingerprint density at radius 2 is 1.03 bits per heavy atom. The van der Waals surface area contributed by atoms with Gasteiger partial charge in [0.1, 0.15) is 30.5 Å². The molecule has 0 bridgehead atoms. The molecule has 0 radical (unpaired) electrons. The van der Waals surface area contributed by atoms with Crippen LogP contribution in [-0.2, 0) is 28.9 Å². The molecule has 1 saturated heterocycles. The minimum Gasteiger partial charge on any atom is -0.394 e. The first-order valence-corrected chi connectivity index (χ1v) is 27.7. The van der Waals surface area contributed by atoms with E-state index in [-0.39, 0.29) is 6.42 Å². The maximum absolute atomic E-state index is 13.0. The van der Waals surface area contributed by atoms with Crippen LogP contribution in [0.3, 0.4) is 0 Å². The molecule has 0 aromatic rings. The van der Waals surface area contributed by atoms with Crippen LogP contribution in [0.15, 0.2) is 24.3 Å². The molecule has 13 nitrogen and oxygen atoms in total. The van der Waals surface area contributed by atoms with Crippen LogP contribution in [0.1, 0.15) is 232 Å². The predicted molar refractivity (Wildman–Crippen MR) is 261 cm³/mol. The summed E-state index contributed by atoms with van der Waals surface area (Å²) >= 11 is 0. The summed E-state index contributed by atoms with van der Waals surface area (Å²) in [5.41, 5.74) is 0. The lowest BCUT2D eigenvalue weighted by molar-refractivity contribution is -0.298. The zero-order valence-electron chi connectivity index (χ0n) is 40.9. The van der Waals surface area contributed by atoms with Crippen molar-refractivity contribution in [2.75, 3.05) is 13.2 Å². The molecule has 0 aliphatic carbocycles. The van der Waals surface area contributed by atoms with E-state index in [2.05, 4.69) is 47.7 Å².